The Morgan fingerprint density at radius 1 is 1.43 bits per heavy atom. The van der Waals surface area contributed by atoms with Crippen LogP contribution in [0.1, 0.15) is 31.2 Å². The van der Waals surface area contributed by atoms with Gasteiger partial charge in [0.25, 0.3) is 0 Å². The van der Waals surface area contributed by atoms with Crippen LogP contribution < -0.4 is 5.32 Å². The summed E-state index contributed by atoms with van der Waals surface area (Å²) < 4.78 is 0. The molecule has 0 aliphatic heterocycles. The number of nitrogens with zero attached hydrogens (tertiary/aromatic N) is 2. The predicted octanol–water partition coefficient (Wildman–Crippen LogP) is 3.42. The van der Waals surface area contributed by atoms with Crippen LogP contribution in [0.4, 0.5) is 5.69 Å². The number of halogens is 1. The number of benzene rings is 1. The molecule has 1 aromatic rings. The second-order valence-electron chi connectivity index (χ2n) is 5.90. The van der Waals surface area contributed by atoms with E-state index in [0.717, 1.165) is 24.9 Å². The Balaban J connectivity index is 2.11. The van der Waals surface area contributed by atoms with Gasteiger partial charge in [0.2, 0.25) is 5.91 Å². The first-order valence-corrected chi connectivity index (χ1v) is 7.50. The number of carbonyl (C=O) groups is 1. The second-order valence-corrected chi connectivity index (χ2v) is 6.31. The number of carbonyl (C=O) groups excluding carboxylic acids is 1. The molecule has 0 spiro atoms. The molecular formula is C16H20ClN3O. The zero-order chi connectivity index (χ0) is 15.5. The monoisotopic (exact) mass is 305 g/mol. The van der Waals surface area contributed by atoms with Gasteiger partial charge in [-0.1, -0.05) is 30.5 Å². The van der Waals surface area contributed by atoms with Crippen molar-refractivity contribution >= 4 is 23.2 Å². The third kappa shape index (κ3) is 3.55. The maximum Gasteiger partial charge on any atom is 0.244 e. The normalized spacial score (nSPS) is 16.7. The van der Waals surface area contributed by atoms with Crippen molar-refractivity contribution in [2.24, 2.45) is 5.41 Å². The van der Waals surface area contributed by atoms with E-state index >= 15 is 0 Å². The van der Waals surface area contributed by atoms with Crippen LogP contribution in [0.5, 0.6) is 0 Å². The van der Waals surface area contributed by atoms with Crippen LogP contribution in [-0.4, -0.2) is 24.9 Å². The molecule has 4 nitrogen and oxygen atoms in total. The van der Waals surface area contributed by atoms with Crippen molar-refractivity contribution in [3.05, 3.63) is 28.8 Å². The molecule has 0 heterocycles. The van der Waals surface area contributed by atoms with Gasteiger partial charge in [-0.2, -0.15) is 5.26 Å². The highest BCUT2D eigenvalue weighted by atomic mass is 35.5. The minimum absolute atomic E-state index is 0.209. The van der Waals surface area contributed by atoms with Gasteiger partial charge in [0.1, 0.15) is 5.41 Å². The summed E-state index contributed by atoms with van der Waals surface area (Å²) in [4.78, 5) is 14.4. The van der Waals surface area contributed by atoms with E-state index in [-0.39, 0.29) is 5.91 Å². The summed E-state index contributed by atoms with van der Waals surface area (Å²) in [7, 11) is 3.95. The molecule has 1 N–H and O–H groups in total. The van der Waals surface area contributed by atoms with Crippen LogP contribution >= 0.6 is 11.6 Å². The third-order valence-electron chi connectivity index (χ3n) is 3.90. The Morgan fingerprint density at radius 2 is 2.10 bits per heavy atom. The lowest BCUT2D eigenvalue weighted by Gasteiger charge is -2.19. The van der Waals surface area contributed by atoms with Crippen LogP contribution in [0, 0.1) is 16.7 Å². The molecule has 0 aromatic heterocycles. The van der Waals surface area contributed by atoms with E-state index in [2.05, 4.69) is 11.4 Å². The molecule has 1 aromatic carbocycles. The van der Waals surface area contributed by atoms with Crippen molar-refractivity contribution in [1.29, 1.82) is 5.26 Å². The van der Waals surface area contributed by atoms with Crippen molar-refractivity contribution in [3.8, 4) is 6.07 Å². The number of hydrogen-bond donors (Lipinski definition) is 1. The Bertz CT molecular complexity index is 571. The first kappa shape index (κ1) is 15.8. The molecule has 112 valence electrons. The van der Waals surface area contributed by atoms with Crippen molar-refractivity contribution in [3.63, 3.8) is 0 Å². The highest BCUT2D eigenvalue weighted by Crippen LogP contribution is 2.38. The smallest absolute Gasteiger partial charge is 0.244 e. The van der Waals surface area contributed by atoms with Gasteiger partial charge in [-0.3, -0.25) is 4.79 Å². The molecule has 1 aliphatic carbocycles. The topological polar surface area (TPSA) is 56.1 Å². The number of nitrogens with one attached hydrogen (secondary N) is 1. The van der Waals surface area contributed by atoms with Crippen molar-refractivity contribution in [1.82, 2.24) is 4.90 Å². The minimum Gasteiger partial charge on any atom is -0.325 e. The highest BCUT2D eigenvalue weighted by molar-refractivity contribution is 6.31. The lowest BCUT2D eigenvalue weighted by atomic mass is 9.87. The summed E-state index contributed by atoms with van der Waals surface area (Å²) in [5.41, 5.74) is 0.791. The summed E-state index contributed by atoms with van der Waals surface area (Å²) in [6, 6.07) is 7.69. The Labute approximate surface area is 130 Å². The van der Waals surface area contributed by atoms with Crippen molar-refractivity contribution in [2.75, 3.05) is 19.4 Å². The fourth-order valence-electron chi connectivity index (χ4n) is 2.71. The van der Waals surface area contributed by atoms with Crippen LogP contribution in [0.3, 0.4) is 0 Å². The Hall–Kier alpha value is -1.57. The van der Waals surface area contributed by atoms with E-state index in [0.29, 0.717) is 23.6 Å². The summed E-state index contributed by atoms with van der Waals surface area (Å²) in [5.74, 6) is -0.209. The first-order chi connectivity index (χ1) is 9.97. The van der Waals surface area contributed by atoms with E-state index in [1.165, 1.54) is 0 Å². The molecule has 0 saturated heterocycles. The van der Waals surface area contributed by atoms with Crippen LogP contribution in [-0.2, 0) is 11.3 Å². The number of rotatable bonds is 4. The first-order valence-electron chi connectivity index (χ1n) is 7.13. The number of anilines is 1. The molecule has 5 heteroatoms. The molecule has 0 unspecified atom stereocenters. The molecule has 2 rings (SSSR count). The number of hydrogen-bond acceptors (Lipinski definition) is 3. The maximum atomic E-state index is 12.4. The second kappa shape index (κ2) is 6.46. The summed E-state index contributed by atoms with van der Waals surface area (Å²) >= 11 is 6.24. The van der Waals surface area contributed by atoms with E-state index in [1.807, 2.05) is 31.1 Å². The number of nitriles is 1. The molecule has 21 heavy (non-hydrogen) atoms. The van der Waals surface area contributed by atoms with Gasteiger partial charge in [0.05, 0.1) is 6.07 Å². The Morgan fingerprint density at radius 3 is 2.62 bits per heavy atom. The van der Waals surface area contributed by atoms with Crippen LogP contribution in [0.2, 0.25) is 5.02 Å². The van der Waals surface area contributed by atoms with E-state index in [4.69, 9.17) is 11.6 Å². The molecule has 0 atom stereocenters. The SMILES string of the molecule is CN(C)Cc1ccc(NC(=O)C2(C#N)CCCC2)cc1Cl. The molecule has 0 radical (unpaired) electrons. The number of amides is 1. The maximum absolute atomic E-state index is 12.4. The highest BCUT2D eigenvalue weighted by Gasteiger charge is 2.41. The fraction of sp³-hybridized carbons (Fsp3) is 0.500. The summed E-state index contributed by atoms with van der Waals surface area (Å²) in [6.45, 7) is 0.745. The third-order valence-corrected chi connectivity index (χ3v) is 4.26. The molecule has 1 saturated carbocycles. The van der Waals surface area contributed by atoms with Gasteiger partial charge >= 0.3 is 0 Å². The van der Waals surface area contributed by atoms with E-state index in [1.54, 1.807) is 6.07 Å². The molecular weight excluding hydrogens is 286 g/mol. The summed E-state index contributed by atoms with van der Waals surface area (Å²) in [5, 5.41) is 12.8. The molecule has 1 fully saturated rings. The van der Waals surface area contributed by atoms with Crippen LogP contribution in [0.15, 0.2) is 18.2 Å². The van der Waals surface area contributed by atoms with Gasteiger partial charge in [-0.25, -0.2) is 0 Å². The zero-order valence-electron chi connectivity index (χ0n) is 12.4. The fourth-order valence-corrected chi connectivity index (χ4v) is 2.95. The minimum atomic E-state index is -0.866. The van der Waals surface area contributed by atoms with E-state index in [9.17, 15) is 10.1 Å². The van der Waals surface area contributed by atoms with Gasteiger partial charge in [-0.15, -0.1) is 0 Å². The molecule has 0 bridgehead atoms. The van der Waals surface area contributed by atoms with Crippen molar-refractivity contribution < 1.29 is 4.79 Å². The average Bonchev–Trinajstić information content (AvgIpc) is 2.91. The van der Waals surface area contributed by atoms with Gasteiger partial charge in [0.15, 0.2) is 0 Å². The molecule has 1 aliphatic rings. The predicted molar refractivity (Wildman–Crippen MR) is 84.0 cm³/mol. The lowest BCUT2D eigenvalue weighted by molar-refractivity contribution is -0.122. The quantitative estimate of drug-likeness (QED) is 0.927. The average molecular weight is 306 g/mol. The Kier molecular flexibility index (Phi) is 4.87. The zero-order valence-corrected chi connectivity index (χ0v) is 13.2. The van der Waals surface area contributed by atoms with Gasteiger partial charge in [0, 0.05) is 17.3 Å². The standard InChI is InChI=1S/C16H20ClN3O/c1-20(2)10-12-5-6-13(9-14(12)17)19-15(21)16(11-18)7-3-4-8-16/h5-6,9H,3-4,7-8,10H2,1-2H3,(H,19,21). The van der Waals surface area contributed by atoms with Crippen LogP contribution in [0.25, 0.3) is 0 Å². The van der Waals surface area contributed by atoms with Crippen molar-refractivity contribution in [2.45, 2.75) is 32.2 Å². The summed E-state index contributed by atoms with van der Waals surface area (Å²) in [6.07, 6.45) is 3.15. The van der Waals surface area contributed by atoms with Gasteiger partial charge in [-0.05, 0) is 44.6 Å². The largest absolute Gasteiger partial charge is 0.325 e. The van der Waals surface area contributed by atoms with E-state index < -0.39 is 5.41 Å². The molecule has 1 amide bonds. The lowest BCUT2D eigenvalue weighted by Crippen LogP contribution is -2.32. The van der Waals surface area contributed by atoms with Gasteiger partial charge < -0.3 is 10.2 Å².